The molecule has 0 saturated carbocycles. The molecule has 1 N–H and O–H groups in total. The molecular formula is C15H16FNO. The van der Waals surface area contributed by atoms with Gasteiger partial charge in [0.25, 0.3) is 0 Å². The summed E-state index contributed by atoms with van der Waals surface area (Å²) in [6.45, 7) is 3.16. The minimum absolute atomic E-state index is 0.238. The summed E-state index contributed by atoms with van der Waals surface area (Å²) in [4.78, 5) is 0. The van der Waals surface area contributed by atoms with Crippen LogP contribution in [0.1, 0.15) is 12.5 Å². The van der Waals surface area contributed by atoms with E-state index in [-0.39, 0.29) is 5.82 Å². The molecule has 0 fully saturated rings. The summed E-state index contributed by atoms with van der Waals surface area (Å²) in [6, 6.07) is 14.4. The van der Waals surface area contributed by atoms with Crippen molar-refractivity contribution in [3.8, 4) is 5.75 Å². The van der Waals surface area contributed by atoms with Crippen LogP contribution in [-0.2, 0) is 6.54 Å². The molecule has 2 aromatic carbocycles. The smallest absolute Gasteiger partial charge is 0.146 e. The van der Waals surface area contributed by atoms with E-state index in [0.717, 1.165) is 11.3 Å². The molecule has 3 heteroatoms. The summed E-state index contributed by atoms with van der Waals surface area (Å²) in [5.41, 5.74) is 1.57. The molecule has 2 nitrogen and oxygen atoms in total. The molecule has 0 saturated heterocycles. The normalized spacial score (nSPS) is 10.1. The molecule has 0 spiro atoms. The van der Waals surface area contributed by atoms with Gasteiger partial charge in [-0.2, -0.15) is 0 Å². The van der Waals surface area contributed by atoms with Gasteiger partial charge in [0.1, 0.15) is 11.6 Å². The molecule has 0 aromatic heterocycles. The van der Waals surface area contributed by atoms with E-state index in [1.807, 2.05) is 37.3 Å². The number of hydrogen-bond donors (Lipinski definition) is 1. The number of nitrogens with one attached hydrogen (secondary N) is 1. The van der Waals surface area contributed by atoms with Crippen molar-refractivity contribution in [2.24, 2.45) is 0 Å². The zero-order valence-electron chi connectivity index (χ0n) is 10.3. The van der Waals surface area contributed by atoms with Gasteiger partial charge >= 0.3 is 0 Å². The Morgan fingerprint density at radius 2 is 1.94 bits per heavy atom. The summed E-state index contributed by atoms with van der Waals surface area (Å²) >= 11 is 0. The van der Waals surface area contributed by atoms with Crippen molar-refractivity contribution in [2.45, 2.75) is 13.5 Å². The van der Waals surface area contributed by atoms with Gasteiger partial charge in [0.05, 0.1) is 12.3 Å². The van der Waals surface area contributed by atoms with E-state index >= 15 is 0 Å². The number of anilines is 1. The summed E-state index contributed by atoms with van der Waals surface area (Å²) in [7, 11) is 0. The van der Waals surface area contributed by atoms with E-state index in [1.54, 1.807) is 12.1 Å². The van der Waals surface area contributed by atoms with E-state index < -0.39 is 0 Å². The van der Waals surface area contributed by atoms with Crippen molar-refractivity contribution in [2.75, 3.05) is 11.9 Å². The van der Waals surface area contributed by atoms with Gasteiger partial charge in [-0.3, -0.25) is 0 Å². The topological polar surface area (TPSA) is 21.3 Å². The van der Waals surface area contributed by atoms with Crippen LogP contribution in [0.5, 0.6) is 5.75 Å². The fraction of sp³-hybridized carbons (Fsp3) is 0.200. The second kappa shape index (κ2) is 6.05. The van der Waals surface area contributed by atoms with Crippen LogP contribution in [0.3, 0.4) is 0 Å². The fourth-order valence-electron chi connectivity index (χ4n) is 1.71. The fourth-order valence-corrected chi connectivity index (χ4v) is 1.71. The second-order valence-corrected chi connectivity index (χ2v) is 3.91. The Balaban J connectivity index is 2.02. The van der Waals surface area contributed by atoms with Crippen LogP contribution < -0.4 is 10.1 Å². The van der Waals surface area contributed by atoms with Crippen LogP contribution in [0.25, 0.3) is 0 Å². The predicted molar refractivity (Wildman–Crippen MR) is 71.3 cm³/mol. The lowest BCUT2D eigenvalue weighted by molar-refractivity contribution is 0.340. The molecular weight excluding hydrogens is 229 g/mol. The van der Waals surface area contributed by atoms with Crippen LogP contribution in [-0.4, -0.2) is 6.61 Å². The molecule has 0 heterocycles. The summed E-state index contributed by atoms with van der Waals surface area (Å²) < 4.78 is 18.8. The first kappa shape index (κ1) is 12.4. The quantitative estimate of drug-likeness (QED) is 0.864. The van der Waals surface area contributed by atoms with E-state index in [2.05, 4.69) is 5.32 Å². The molecule has 94 valence electrons. The highest BCUT2D eigenvalue weighted by Crippen LogP contribution is 2.17. The van der Waals surface area contributed by atoms with Gasteiger partial charge in [0, 0.05) is 6.54 Å². The molecule has 0 aliphatic rings. The van der Waals surface area contributed by atoms with Crippen LogP contribution in [0.4, 0.5) is 10.1 Å². The van der Waals surface area contributed by atoms with Crippen LogP contribution in [0.15, 0.2) is 48.5 Å². The Hall–Kier alpha value is -2.03. The maximum atomic E-state index is 13.4. The molecule has 2 rings (SSSR count). The standard InChI is InChI=1S/C15H16FNO/c1-2-18-13-7-5-6-12(10-13)11-17-15-9-4-3-8-14(15)16/h3-10,17H,2,11H2,1H3. The number of halogens is 1. The molecule has 0 unspecified atom stereocenters. The lowest BCUT2D eigenvalue weighted by Gasteiger charge is -2.09. The average Bonchev–Trinajstić information content (AvgIpc) is 2.39. The first-order valence-electron chi connectivity index (χ1n) is 5.99. The molecule has 0 radical (unpaired) electrons. The molecule has 18 heavy (non-hydrogen) atoms. The lowest BCUT2D eigenvalue weighted by Crippen LogP contribution is -2.01. The second-order valence-electron chi connectivity index (χ2n) is 3.91. The van der Waals surface area contributed by atoms with Crippen LogP contribution in [0, 0.1) is 5.82 Å². The van der Waals surface area contributed by atoms with Gasteiger partial charge in [-0.15, -0.1) is 0 Å². The zero-order valence-corrected chi connectivity index (χ0v) is 10.3. The first-order valence-corrected chi connectivity index (χ1v) is 5.99. The van der Waals surface area contributed by atoms with Gasteiger partial charge in [-0.05, 0) is 36.8 Å². The SMILES string of the molecule is CCOc1cccc(CNc2ccccc2F)c1. The van der Waals surface area contributed by atoms with Gasteiger partial charge in [0.15, 0.2) is 0 Å². The van der Waals surface area contributed by atoms with E-state index in [9.17, 15) is 4.39 Å². The molecule has 2 aromatic rings. The van der Waals surface area contributed by atoms with Crippen molar-refractivity contribution in [3.63, 3.8) is 0 Å². The molecule has 0 amide bonds. The highest BCUT2D eigenvalue weighted by Gasteiger charge is 2.00. The maximum absolute atomic E-state index is 13.4. The van der Waals surface area contributed by atoms with Crippen molar-refractivity contribution in [3.05, 3.63) is 59.9 Å². The van der Waals surface area contributed by atoms with E-state index in [1.165, 1.54) is 6.07 Å². The van der Waals surface area contributed by atoms with E-state index in [4.69, 9.17) is 4.74 Å². The van der Waals surface area contributed by atoms with Crippen molar-refractivity contribution in [1.82, 2.24) is 0 Å². The Kier molecular flexibility index (Phi) is 4.18. The molecule has 0 atom stereocenters. The number of ether oxygens (including phenoxy) is 1. The van der Waals surface area contributed by atoms with Crippen molar-refractivity contribution in [1.29, 1.82) is 0 Å². The highest BCUT2D eigenvalue weighted by molar-refractivity contribution is 5.45. The van der Waals surface area contributed by atoms with Gasteiger partial charge in [-0.25, -0.2) is 4.39 Å². The Morgan fingerprint density at radius 3 is 2.72 bits per heavy atom. The largest absolute Gasteiger partial charge is 0.494 e. The predicted octanol–water partition coefficient (Wildman–Crippen LogP) is 3.84. The molecule has 0 bridgehead atoms. The van der Waals surface area contributed by atoms with Crippen molar-refractivity contribution < 1.29 is 9.13 Å². The average molecular weight is 245 g/mol. The first-order chi connectivity index (χ1) is 8.79. The summed E-state index contributed by atoms with van der Waals surface area (Å²) in [5, 5.41) is 3.07. The van der Waals surface area contributed by atoms with E-state index in [0.29, 0.717) is 18.8 Å². The zero-order chi connectivity index (χ0) is 12.8. The minimum Gasteiger partial charge on any atom is -0.494 e. The third kappa shape index (κ3) is 3.23. The number of hydrogen-bond acceptors (Lipinski definition) is 2. The van der Waals surface area contributed by atoms with Crippen molar-refractivity contribution >= 4 is 5.69 Å². The maximum Gasteiger partial charge on any atom is 0.146 e. The lowest BCUT2D eigenvalue weighted by atomic mass is 10.2. The summed E-state index contributed by atoms with van der Waals surface area (Å²) in [6.07, 6.45) is 0. The Labute approximate surface area is 106 Å². The van der Waals surface area contributed by atoms with Crippen LogP contribution >= 0.6 is 0 Å². The monoisotopic (exact) mass is 245 g/mol. The van der Waals surface area contributed by atoms with Crippen LogP contribution in [0.2, 0.25) is 0 Å². The van der Waals surface area contributed by atoms with Gasteiger partial charge in [0.2, 0.25) is 0 Å². The van der Waals surface area contributed by atoms with Gasteiger partial charge < -0.3 is 10.1 Å². The molecule has 0 aliphatic carbocycles. The van der Waals surface area contributed by atoms with Gasteiger partial charge in [-0.1, -0.05) is 24.3 Å². The number of rotatable bonds is 5. The Morgan fingerprint density at radius 1 is 1.11 bits per heavy atom. The number of para-hydroxylation sites is 1. The highest BCUT2D eigenvalue weighted by atomic mass is 19.1. The molecule has 0 aliphatic heterocycles. The third-order valence-corrected chi connectivity index (χ3v) is 2.57. The summed E-state index contributed by atoms with van der Waals surface area (Å²) in [5.74, 6) is 0.601. The third-order valence-electron chi connectivity index (χ3n) is 2.57. The Bertz CT molecular complexity index is 513. The number of benzene rings is 2. The minimum atomic E-state index is -0.238.